The average molecular weight is 295 g/mol. The summed E-state index contributed by atoms with van der Waals surface area (Å²) < 4.78 is 2.18. The minimum absolute atomic E-state index is 0.140. The summed E-state index contributed by atoms with van der Waals surface area (Å²) in [6.45, 7) is 8.35. The molecule has 0 fully saturated rings. The molecule has 0 amide bonds. The molecule has 0 atom stereocenters. The van der Waals surface area contributed by atoms with E-state index in [4.69, 9.17) is 10.4 Å². The van der Waals surface area contributed by atoms with Gasteiger partial charge in [-0.25, -0.2) is 0 Å². The summed E-state index contributed by atoms with van der Waals surface area (Å²) in [7, 11) is 2.05. The maximum absolute atomic E-state index is 9.15. The first kappa shape index (κ1) is 16.2. The summed E-state index contributed by atoms with van der Waals surface area (Å²) >= 11 is 0. The summed E-state index contributed by atoms with van der Waals surface area (Å²) in [5, 5.41) is 18.1. The van der Waals surface area contributed by atoms with Crippen molar-refractivity contribution in [2.45, 2.75) is 32.1 Å². The van der Waals surface area contributed by atoms with E-state index in [0.717, 1.165) is 16.8 Å². The first-order chi connectivity index (χ1) is 10.5. The van der Waals surface area contributed by atoms with Crippen LogP contribution in [0.5, 0.6) is 0 Å². The van der Waals surface area contributed by atoms with E-state index in [1.54, 1.807) is 6.08 Å². The maximum atomic E-state index is 9.15. The van der Waals surface area contributed by atoms with Crippen LogP contribution < -0.4 is 0 Å². The molecule has 0 saturated carbocycles. The van der Waals surface area contributed by atoms with E-state index in [-0.39, 0.29) is 12.0 Å². The summed E-state index contributed by atoms with van der Waals surface area (Å²) in [5.74, 6) is 0. The first-order valence-electron chi connectivity index (χ1n) is 7.51. The van der Waals surface area contributed by atoms with Gasteiger partial charge in [-0.15, -0.1) is 0 Å². The number of allylic oxidation sites excluding steroid dienone is 3. The van der Waals surface area contributed by atoms with Gasteiger partial charge >= 0.3 is 0 Å². The normalized spacial score (nSPS) is 16.4. The fourth-order valence-electron chi connectivity index (χ4n) is 3.07. The predicted molar refractivity (Wildman–Crippen MR) is 89.6 cm³/mol. The number of aliphatic hydroxyl groups excluding tert-OH is 1. The zero-order chi connectivity index (χ0) is 16.3. The molecule has 3 nitrogen and oxygen atoms in total. The molecule has 1 heterocycles. The minimum Gasteiger partial charge on any atom is -0.396 e. The van der Waals surface area contributed by atoms with Crippen LogP contribution in [0.2, 0.25) is 0 Å². The van der Waals surface area contributed by atoms with Gasteiger partial charge in [-0.05, 0) is 37.5 Å². The number of hydrogen-bond donors (Lipinski definition) is 1. The molecule has 1 aliphatic heterocycles. The third kappa shape index (κ3) is 2.75. The van der Waals surface area contributed by atoms with Gasteiger partial charge in [-0.1, -0.05) is 18.7 Å². The highest BCUT2D eigenvalue weighted by Crippen LogP contribution is 2.40. The Balaban J connectivity index is 2.53. The van der Waals surface area contributed by atoms with Gasteiger partial charge < -0.3 is 5.11 Å². The second-order valence-corrected chi connectivity index (χ2v) is 6.15. The molecule has 3 heteroatoms. The smallest absolute Gasteiger partial charge is 0.209 e. The van der Waals surface area contributed by atoms with Gasteiger partial charge in [-0.3, -0.25) is 0 Å². The van der Waals surface area contributed by atoms with E-state index in [1.807, 2.05) is 0 Å². The van der Waals surface area contributed by atoms with Crippen molar-refractivity contribution in [2.24, 2.45) is 0 Å². The molecular formula is C19H23N2O+. The standard InChI is InChI=1S/C19H23N2O/c1-5-14(8-10-20)13-18-19(2,3)16-12-15(9-11-22)6-7-17(16)21(18)4/h5-7,12-13,22H,1,8-9,11H2,2-4H3/q+1/b14-13+. The Morgan fingerprint density at radius 2 is 2.18 bits per heavy atom. The van der Waals surface area contributed by atoms with Gasteiger partial charge in [0.1, 0.15) is 7.05 Å². The molecule has 0 radical (unpaired) electrons. The van der Waals surface area contributed by atoms with Crippen LogP contribution >= 0.6 is 0 Å². The van der Waals surface area contributed by atoms with Crippen LogP contribution in [0, 0.1) is 11.3 Å². The number of rotatable bonds is 5. The zero-order valence-electron chi connectivity index (χ0n) is 13.6. The monoisotopic (exact) mass is 295 g/mol. The summed E-state index contributed by atoms with van der Waals surface area (Å²) in [6, 6.07) is 8.54. The van der Waals surface area contributed by atoms with Gasteiger partial charge in [0.15, 0.2) is 5.71 Å². The van der Waals surface area contributed by atoms with E-state index in [9.17, 15) is 0 Å². The molecule has 0 unspecified atom stereocenters. The van der Waals surface area contributed by atoms with Crippen molar-refractivity contribution in [3.05, 3.63) is 53.6 Å². The fourth-order valence-corrected chi connectivity index (χ4v) is 3.07. The molecule has 22 heavy (non-hydrogen) atoms. The van der Waals surface area contributed by atoms with Crippen molar-refractivity contribution in [1.82, 2.24) is 0 Å². The number of nitriles is 1. The lowest BCUT2D eigenvalue weighted by molar-refractivity contribution is -0.401. The Kier molecular flexibility index (Phi) is 4.63. The van der Waals surface area contributed by atoms with Crippen molar-refractivity contribution in [1.29, 1.82) is 5.26 Å². The van der Waals surface area contributed by atoms with E-state index >= 15 is 0 Å². The van der Waals surface area contributed by atoms with Gasteiger partial charge in [0, 0.05) is 24.3 Å². The number of nitrogens with zero attached hydrogens (tertiary/aromatic N) is 2. The minimum atomic E-state index is -0.140. The van der Waals surface area contributed by atoms with E-state index in [2.05, 4.69) is 62.4 Å². The van der Waals surface area contributed by atoms with E-state index in [1.165, 1.54) is 11.3 Å². The van der Waals surface area contributed by atoms with E-state index in [0.29, 0.717) is 12.8 Å². The highest BCUT2D eigenvalue weighted by Gasteiger charge is 2.43. The van der Waals surface area contributed by atoms with Crippen LogP contribution in [0.15, 0.2) is 42.5 Å². The topological polar surface area (TPSA) is 47.0 Å². The van der Waals surface area contributed by atoms with Crippen LogP contribution in [0.1, 0.15) is 31.4 Å². The van der Waals surface area contributed by atoms with Crippen molar-refractivity contribution in [2.75, 3.05) is 13.7 Å². The number of benzene rings is 1. The zero-order valence-corrected chi connectivity index (χ0v) is 13.6. The lowest BCUT2D eigenvalue weighted by Gasteiger charge is -2.16. The quantitative estimate of drug-likeness (QED) is 0.669. The van der Waals surface area contributed by atoms with Gasteiger partial charge in [0.05, 0.1) is 17.9 Å². The molecule has 0 saturated heterocycles. The van der Waals surface area contributed by atoms with E-state index < -0.39 is 0 Å². The SMILES string of the molecule is C=C/C(=C\C1=[N+](C)c2ccc(CCO)cc2C1(C)C)CC#N. The Hall–Kier alpha value is -2.18. The third-order valence-corrected chi connectivity index (χ3v) is 4.37. The van der Waals surface area contributed by atoms with Crippen LogP contribution in [0.3, 0.4) is 0 Å². The Bertz CT molecular complexity index is 703. The number of hydrogen-bond acceptors (Lipinski definition) is 2. The molecule has 1 aliphatic rings. The summed E-state index contributed by atoms with van der Waals surface area (Å²) in [5.41, 5.74) is 5.54. The molecule has 2 rings (SSSR count). The lowest BCUT2D eigenvalue weighted by Crippen LogP contribution is -2.27. The predicted octanol–water partition coefficient (Wildman–Crippen LogP) is 3.25. The highest BCUT2D eigenvalue weighted by molar-refractivity contribution is 6.03. The van der Waals surface area contributed by atoms with Gasteiger partial charge in [0.2, 0.25) is 5.69 Å². The molecule has 1 aromatic rings. The van der Waals surface area contributed by atoms with Gasteiger partial charge in [-0.2, -0.15) is 9.84 Å². The Morgan fingerprint density at radius 1 is 1.45 bits per heavy atom. The van der Waals surface area contributed by atoms with Crippen LogP contribution in [0.25, 0.3) is 0 Å². The molecule has 114 valence electrons. The maximum Gasteiger partial charge on any atom is 0.209 e. The van der Waals surface area contributed by atoms with Crippen molar-refractivity contribution in [3.63, 3.8) is 0 Å². The molecule has 0 aliphatic carbocycles. The Morgan fingerprint density at radius 3 is 2.77 bits per heavy atom. The second-order valence-electron chi connectivity index (χ2n) is 6.15. The summed E-state index contributed by atoms with van der Waals surface area (Å²) in [4.78, 5) is 0. The van der Waals surface area contributed by atoms with Gasteiger partial charge in [0.25, 0.3) is 0 Å². The van der Waals surface area contributed by atoms with Crippen LogP contribution in [-0.2, 0) is 11.8 Å². The van der Waals surface area contributed by atoms with Crippen LogP contribution in [0.4, 0.5) is 5.69 Å². The number of aliphatic hydroxyl groups is 1. The summed E-state index contributed by atoms with van der Waals surface area (Å²) in [6.07, 6.45) is 4.86. The molecule has 1 N–H and O–H groups in total. The Labute approximate surface area is 132 Å². The second kappa shape index (κ2) is 6.29. The number of fused-ring (bicyclic) bond motifs is 1. The third-order valence-electron chi connectivity index (χ3n) is 4.37. The molecular weight excluding hydrogens is 272 g/mol. The van der Waals surface area contributed by atoms with Crippen molar-refractivity contribution < 1.29 is 9.68 Å². The average Bonchev–Trinajstić information content (AvgIpc) is 2.68. The van der Waals surface area contributed by atoms with Crippen molar-refractivity contribution in [3.8, 4) is 6.07 Å². The lowest BCUT2D eigenvalue weighted by atomic mass is 9.80. The fraction of sp³-hybridized carbons (Fsp3) is 0.368. The first-order valence-corrected chi connectivity index (χ1v) is 7.51. The molecule has 0 aromatic heterocycles. The molecule has 0 bridgehead atoms. The molecule has 0 spiro atoms. The van der Waals surface area contributed by atoms with Crippen molar-refractivity contribution >= 4 is 11.4 Å². The molecule has 1 aromatic carbocycles. The largest absolute Gasteiger partial charge is 0.396 e. The highest BCUT2D eigenvalue weighted by atomic mass is 16.2. The van der Waals surface area contributed by atoms with Crippen LogP contribution in [-0.4, -0.2) is 29.0 Å².